The number of nitrogens with one attached hydrogen (secondary N) is 1. The van der Waals surface area contributed by atoms with Gasteiger partial charge in [-0.1, -0.05) is 66.5 Å². The fourth-order valence-corrected chi connectivity index (χ4v) is 6.92. The molecule has 12 heteroatoms. The molecule has 8 nitrogen and oxygen atoms in total. The molecule has 0 aromatic heterocycles. The molecule has 0 saturated heterocycles. The van der Waals surface area contributed by atoms with Crippen molar-refractivity contribution in [3.05, 3.63) is 124 Å². The second-order valence-electron chi connectivity index (χ2n) is 11.1. The number of benzene rings is 4. The molecule has 4 aromatic carbocycles. The monoisotopic (exact) mass is 713 g/mol. The summed E-state index contributed by atoms with van der Waals surface area (Å²) in [6.45, 7) is 5.13. The van der Waals surface area contributed by atoms with Crippen LogP contribution in [0.3, 0.4) is 0 Å². The minimum atomic E-state index is -4.42. The Hall–Kier alpha value is -4.12. The first-order valence-electron chi connectivity index (χ1n) is 15.5. The Balaban J connectivity index is 1.84. The number of hydrogen-bond donors (Lipinski definition) is 1. The lowest BCUT2D eigenvalue weighted by molar-refractivity contribution is -0.140. The second-order valence-corrected chi connectivity index (χ2v) is 13.8. The summed E-state index contributed by atoms with van der Waals surface area (Å²) in [5.74, 6) is -1.22. The molecule has 0 aliphatic carbocycles. The topological polar surface area (TPSA) is 96.0 Å². The maximum atomic E-state index is 14.6. The Kier molecular flexibility index (Phi) is 12.9. The Labute approximate surface area is 291 Å². The van der Waals surface area contributed by atoms with Crippen LogP contribution in [0.5, 0.6) is 5.75 Å². The normalized spacial score (nSPS) is 12.5. The van der Waals surface area contributed by atoms with Crippen LogP contribution in [0.15, 0.2) is 102 Å². The van der Waals surface area contributed by atoms with Crippen molar-refractivity contribution in [3.63, 3.8) is 0 Å². The molecule has 0 bridgehead atoms. The molecule has 0 radical (unpaired) electrons. The molecular formula is C36H38Cl2FN3O5S. The van der Waals surface area contributed by atoms with E-state index in [1.54, 1.807) is 30.3 Å². The van der Waals surface area contributed by atoms with E-state index in [0.717, 1.165) is 34.1 Å². The van der Waals surface area contributed by atoms with Crippen LogP contribution in [0.2, 0.25) is 10.0 Å². The number of amides is 2. The summed E-state index contributed by atoms with van der Waals surface area (Å²) in [7, 11) is -4.42. The van der Waals surface area contributed by atoms with Crippen LogP contribution in [0.4, 0.5) is 10.1 Å². The Morgan fingerprint density at radius 3 is 2.08 bits per heavy atom. The van der Waals surface area contributed by atoms with E-state index in [4.69, 9.17) is 27.9 Å². The summed E-state index contributed by atoms with van der Waals surface area (Å²) in [6.07, 6.45) is 0.778. The highest BCUT2D eigenvalue weighted by Gasteiger charge is 2.35. The number of carbonyl (C=O) groups is 2. The van der Waals surface area contributed by atoms with Crippen molar-refractivity contribution in [3.8, 4) is 5.75 Å². The quantitative estimate of drug-likeness (QED) is 0.140. The van der Waals surface area contributed by atoms with E-state index in [9.17, 15) is 22.4 Å². The van der Waals surface area contributed by atoms with Gasteiger partial charge in [-0.05, 0) is 86.5 Å². The average molecular weight is 715 g/mol. The predicted molar refractivity (Wildman–Crippen MR) is 187 cm³/mol. The highest BCUT2D eigenvalue weighted by molar-refractivity contribution is 7.92. The zero-order valence-electron chi connectivity index (χ0n) is 26.9. The van der Waals surface area contributed by atoms with Gasteiger partial charge in [0.15, 0.2) is 0 Å². The van der Waals surface area contributed by atoms with Crippen LogP contribution in [-0.4, -0.2) is 50.4 Å². The zero-order valence-corrected chi connectivity index (χ0v) is 29.2. The Bertz CT molecular complexity index is 1770. The summed E-state index contributed by atoms with van der Waals surface area (Å²) in [5.41, 5.74) is 1.35. The minimum Gasteiger partial charge on any atom is -0.494 e. The van der Waals surface area contributed by atoms with Crippen molar-refractivity contribution >= 4 is 50.7 Å². The first kappa shape index (κ1) is 36.7. The molecule has 4 aromatic rings. The molecule has 2 atom stereocenters. The summed E-state index contributed by atoms with van der Waals surface area (Å²) >= 11 is 13.1. The molecule has 0 aliphatic heterocycles. The van der Waals surface area contributed by atoms with E-state index in [-0.39, 0.29) is 39.6 Å². The van der Waals surface area contributed by atoms with Crippen molar-refractivity contribution < 1.29 is 27.1 Å². The summed E-state index contributed by atoms with van der Waals surface area (Å²) in [4.78, 5) is 29.7. The lowest BCUT2D eigenvalue weighted by atomic mass is 10.0. The summed E-state index contributed by atoms with van der Waals surface area (Å²) in [6, 6.07) is 23.4. The van der Waals surface area contributed by atoms with Crippen molar-refractivity contribution in [2.24, 2.45) is 0 Å². The SMILES string of the molecule is CCOc1ccc(N(CC(=O)N(Cc2c(Cl)cccc2Cl)[C@@H](Cc2ccccc2)C(=O)N[C@@H](C)CC)S(=O)(=O)c2ccc(F)cc2)cc1. The van der Waals surface area contributed by atoms with Crippen molar-refractivity contribution in [1.29, 1.82) is 0 Å². The van der Waals surface area contributed by atoms with Gasteiger partial charge in [0.25, 0.3) is 10.0 Å². The first-order chi connectivity index (χ1) is 22.9. The van der Waals surface area contributed by atoms with Crippen molar-refractivity contribution in [2.45, 2.75) is 57.1 Å². The van der Waals surface area contributed by atoms with Crippen LogP contribution in [0.25, 0.3) is 0 Å². The number of anilines is 1. The van der Waals surface area contributed by atoms with Gasteiger partial charge in [0.05, 0.1) is 17.2 Å². The summed E-state index contributed by atoms with van der Waals surface area (Å²) < 4.78 is 48.6. The van der Waals surface area contributed by atoms with E-state index >= 15 is 0 Å². The smallest absolute Gasteiger partial charge is 0.264 e. The molecule has 48 heavy (non-hydrogen) atoms. The highest BCUT2D eigenvalue weighted by atomic mass is 35.5. The molecule has 2 amide bonds. The Morgan fingerprint density at radius 2 is 1.50 bits per heavy atom. The average Bonchev–Trinajstić information content (AvgIpc) is 3.07. The van der Waals surface area contributed by atoms with Gasteiger partial charge < -0.3 is 15.0 Å². The van der Waals surface area contributed by atoms with Crippen LogP contribution >= 0.6 is 23.2 Å². The maximum Gasteiger partial charge on any atom is 0.264 e. The number of ether oxygens (including phenoxy) is 1. The highest BCUT2D eigenvalue weighted by Crippen LogP contribution is 2.30. The molecule has 0 heterocycles. The molecule has 254 valence electrons. The molecule has 0 fully saturated rings. The van der Waals surface area contributed by atoms with Crippen molar-refractivity contribution in [1.82, 2.24) is 10.2 Å². The number of sulfonamides is 1. The summed E-state index contributed by atoms with van der Waals surface area (Å²) in [5, 5.41) is 3.55. The number of halogens is 3. The first-order valence-corrected chi connectivity index (χ1v) is 17.7. The van der Waals surface area contributed by atoms with Crippen LogP contribution in [-0.2, 0) is 32.6 Å². The molecule has 0 spiro atoms. The van der Waals surface area contributed by atoms with Gasteiger partial charge in [0, 0.05) is 34.6 Å². The fourth-order valence-electron chi connectivity index (χ4n) is 4.99. The van der Waals surface area contributed by atoms with Gasteiger partial charge in [-0.2, -0.15) is 0 Å². The van der Waals surface area contributed by atoms with E-state index in [1.807, 2.05) is 51.1 Å². The van der Waals surface area contributed by atoms with Crippen LogP contribution in [0, 0.1) is 5.82 Å². The minimum absolute atomic E-state index is 0.130. The van der Waals surface area contributed by atoms with Gasteiger partial charge in [0.1, 0.15) is 24.2 Å². The lowest BCUT2D eigenvalue weighted by Gasteiger charge is -2.34. The lowest BCUT2D eigenvalue weighted by Crippen LogP contribution is -2.54. The van der Waals surface area contributed by atoms with Gasteiger partial charge in [-0.15, -0.1) is 0 Å². The Morgan fingerprint density at radius 1 is 0.875 bits per heavy atom. The zero-order chi connectivity index (χ0) is 34.8. The number of carbonyl (C=O) groups excluding carboxylic acids is 2. The largest absolute Gasteiger partial charge is 0.494 e. The van der Waals surface area contributed by atoms with Gasteiger partial charge in [-0.3, -0.25) is 13.9 Å². The number of hydrogen-bond acceptors (Lipinski definition) is 5. The molecule has 4 rings (SSSR count). The van der Waals surface area contributed by atoms with Crippen LogP contribution < -0.4 is 14.4 Å². The second kappa shape index (κ2) is 16.8. The number of nitrogens with zero attached hydrogens (tertiary/aromatic N) is 2. The van der Waals surface area contributed by atoms with E-state index < -0.39 is 40.2 Å². The van der Waals surface area contributed by atoms with Gasteiger partial charge >= 0.3 is 0 Å². The van der Waals surface area contributed by atoms with Gasteiger partial charge in [-0.25, -0.2) is 12.8 Å². The van der Waals surface area contributed by atoms with E-state index in [2.05, 4.69) is 5.32 Å². The third-order valence-corrected chi connectivity index (χ3v) is 10.3. The number of rotatable bonds is 15. The molecule has 0 unspecified atom stereocenters. The molecular weight excluding hydrogens is 676 g/mol. The third kappa shape index (κ3) is 9.27. The predicted octanol–water partition coefficient (Wildman–Crippen LogP) is 7.28. The maximum absolute atomic E-state index is 14.6. The molecule has 0 aliphatic rings. The molecule has 1 N–H and O–H groups in total. The van der Waals surface area contributed by atoms with Crippen LogP contribution in [0.1, 0.15) is 38.3 Å². The van der Waals surface area contributed by atoms with Crippen molar-refractivity contribution in [2.75, 3.05) is 17.5 Å². The fraction of sp³-hybridized carbons (Fsp3) is 0.278. The molecule has 0 saturated carbocycles. The van der Waals surface area contributed by atoms with E-state index in [0.29, 0.717) is 24.3 Å². The third-order valence-electron chi connectivity index (χ3n) is 7.78. The van der Waals surface area contributed by atoms with Gasteiger partial charge in [0.2, 0.25) is 11.8 Å². The standard InChI is InChI=1S/C36H38Cl2FN3O5S/c1-4-25(3)40-36(44)34(22-26-10-7-6-8-11-26)41(23-31-32(37)12-9-13-33(31)38)35(43)24-42(28-16-18-29(19-17-28)47-5-2)48(45,46)30-20-14-27(39)15-21-30/h6-21,25,34H,4-5,22-24H2,1-3H3,(H,40,44)/t25-,34-/m0/s1. The van der Waals surface area contributed by atoms with E-state index in [1.165, 1.54) is 17.0 Å².